The molecule has 7 heteroatoms. The zero-order chi connectivity index (χ0) is 23.7. The highest BCUT2D eigenvalue weighted by Crippen LogP contribution is 2.24. The summed E-state index contributed by atoms with van der Waals surface area (Å²) in [7, 11) is 1.68. The Hall–Kier alpha value is -3.64. The molecular weight excluding hydrogens is 436 g/mol. The number of anilines is 1. The van der Waals surface area contributed by atoms with E-state index in [-0.39, 0.29) is 11.6 Å². The number of rotatable bonds is 4. The van der Waals surface area contributed by atoms with E-state index in [1.807, 2.05) is 57.2 Å². The largest absolute Gasteiger partial charge is 0.322 e. The van der Waals surface area contributed by atoms with Gasteiger partial charge in [-0.1, -0.05) is 41.4 Å². The third kappa shape index (κ3) is 4.47. The van der Waals surface area contributed by atoms with Crippen molar-refractivity contribution in [3.8, 4) is 5.69 Å². The number of carbonyl (C=O) groups excluding carboxylic acids is 1. The van der Waals surface area contributed by atoms with Crippen molar-refractivity contribution in [3.63, 3.8) is 0 Å². The molecule has 4 aromatic rings. The molecule has 1 N–H and O–H groups in total. The number of urea groups is 1. The number of fused-ring (bicyclic) bond motifs is 1. The van der Waals surface area contributed by atoms with E-state index in [1.165, 1.54) is 4.90 Å². The molecule has 1 atom stereocenters. The van der Waals surface area contributed by atoms with E-state index in [2.05, 4.69) is 5.32 Å². The number of amides is 2. The molecule has 0 spiro atoms. The average molecular weight is 461 g/mol. The Kier molecular flexibility index (Phi) is 6.20. The molecule has 0 bridgehead atoms. The third-order valence-corrected chi connectivity index (χ3v) is 6.02. The lowest BCUT2D eigenvalue weighted by Gasteiger charge is -2.27. The van der Waals surface area contributed by atoms with E-state index in [1.54, 1.807) is 41.9 Å². The highest BCUT2D eigenvalue weighted by molar-refractivity contribution is 6.30. The van der Waals surface area contributed by atoms with Crippen LogP contribution in [0.3, 0.4) is 0 Å². The number of para-hydroxylation sites is 1. The van der Waals surface area contributed by atoms with Crippen molar-refractivity contribution in [3.05, 3.63) is 99.1 Å². The summed E-state index contributed by atoms with van der Waals surface area (Å²) in [6.07, 6.45) is 0. The van der Waals surface area contributed by atoms with Crippen molar-refractivity contribution in [1.29, 1.82) is 0 Å². The minimum absolute atomic E-state index is 0.166. The number of hydrogen-bond acceptors (Lipinski definition) is 3. The minimum Gasteiger partial charge on any atom is -0.318 e. The number of aromatic nitrogens is 2. The van der Waals surface area contributed by atoms with Gasteiger partial charge in [0.15, 0.2) is 0 Å². The maximum Gasteiger partial charge on any atom is 0.322 e. The van der Waals surface area contributed by atoms with Gasteiger partial charge in [0, 0.05) is 17.8 Å². The Morgan fingerprint density at radius 1 is 1.06 bits per heavy atom. The fraction of sp³-hybridized carbons (Fsp3) is 0.192. The van der Waals surface area contributed by atoms with Crippen LogP contribution in [0.1, 0.15) is 29.9 Å². The number of carbonyl (C=O) groups is 1. The number of benzene rings is 3. The summed E-state index contributed by atoms with van der Waals surface area (Å²) in [5.41, 5.74) is 3.86. The monoisotopic (exact) mass is 460 g/mol. The van der Waals surface area contributed by atoms with Crippen LogP contribution in [0.2, 0.25) is 5.02 Å². The molecule has 0 aliphatic rings. The van der Waals surface area contributed by atoms with E-state index >= 15 is 0 Å². The van der Waals surface area contributed by atoms with Crippen molar-refractivity contribution in [2.45, 2.75) is 26.8 Å². The van der Waals surface area contributed by atoms with Gasteiger partial charge in [-0.25, -0.2) is 9.78 Å². The molecule has 2 amide bonds. The summed E-state index contributed by atoms with van der Waals surface area (Å²) in [6.45, 7) is 5.84. The summed E-state index contributed by atoms with van der Waals surface area (Å²) >= 11 is 5.94. The number of halogens is 1. The van der Waals surface area contributed by atoms with E-state index < -0.39 is 6.04 Å². The SMILES string of the molecule is Cc1ccc(-n2c(C(C)N(C)C(=O)Nc3ccc(Cl)cc3)nc3ccccc3c2=O)c(C)c1. The van der Waals surface area contributed by atoms with Gasteiger partial charge < -0.3 is 10.2 Å². The second kappa shape index (κ2) is 9.08. The highest BCUT2D eigenvalue weighted by atomic mass is 35.5. The van der Waals surface area contributed by atoms with Crippen LogP contribution in [0.5, 0.6) is 0 Å². The Bertz CT molecular complexity index is 1400. The molecular formula is C26H25ClN4O2. The van der Waals surface area contributed by atoms with Gasteiger partial charge in [0.05, 0.1) is 22.6 Å². The molecule has 0 aliphatic heterocycles. The molecule has 0 aliphatic carbocycles. The van der Waals surface area contributed by atoms with E-state index in [0.29, 0.717) is 27.4 Å². The second-order valence-corrected chi connectivity index (χ2v) is 8.58. The predicted octanol–water partition coefficient (Wildman–Crippen LogP) is 5.88. The lowest BCUT2D eigenvalue weighted by atomic mass is 10.1. The van der Waals surface area contributed by atoms with Gasteiger partial charge in [-0.15, -0.1) is 0 Å². The highest BCUT2D eigenvalue weighted by Gasteiger charge is 2.25. The number of hydrogen-bond donors (Lipinski definition) is 1. The second-order valence-electron chi connectivity index (χ2n) is 8.14. The van der Waals surface area contributed by atoms with Crippen LogP contribution in [-0.4, -0.2) is 27.5 Å². The van der Waals surface area contributed by atoms with E-state index in [9.17, 15) is 9.59 Å². The number of nitrogens with one attached hydrogen (secondary N) is 1. The minimum atomic E-state index is -0.490. The van der Waals surface area contributed by atoms with Crippen molar-refractivity contribution in [2.75, 3.05) is 12.4 Å². The normalized spacial score (nSPS) is 11.9. The molecule has 33 heavy (non-hydrogen) atoms. The number of nitrogens with zero attached hydrogens (tertiary/aromatic N) is 3. The summed E-state index contributed by atoms with van der Waals surface area (Å²) in [5, 5.41) is 3.98. The Balaban J connectivity index is 1.80. The molecule has 0 saturated carbocycles. The van der Waals surface area contributed by atoms with Crippen LogP contribution in [-0.2, 0) is 0 Å². The van der Waals surface area contributed by atoms with Gasteiger partial charge >= 0.3 is 6.03 Å². The summed E-state index contributed by atoms with van der Waals surface area (Å²) in [6, 6.07) is 19.3. The average Bonchev–Trinajstić information content (AvgIpc) is 2.80. The van der Waals surface area contributed by atoms with Gasteiger partial charge in [-0.3, -0.25) is 9.36 Å². The summed E-state index contributed by atoms with van der Waals surface area (Å²) in [5.74, 6) is 0.486. The van der Waals surface area contributed by atoms with Crippen molar-refractivity contribution < 1.29 is 4.79 Å². The van der Waals surface area contributed by atoms with Crippen LogP contribution in [0.15, 0.2) is 71.5 Å². The van der Waals surface area contributed by atoms with Crippen molar-refractivity contribution in [2.24, 2.45) is 0 Å². The van der Waals surface area contributed by atoms with Gasteiger partial charge in [-0.2, -0.15) is 0 Å². The lowest BCUT2D eigenvalue weighted by Crippen LogP contribution is -2.37. The fourth-order valence-electron chi connectivity index (χ4n) is 3.81. The maximum absolute atomic E-state index is 13.6. The van der Waals surface area contributed by atoms with Crippen LogP contribution < -0.4 is 10.9 Å². The van der Waals surface area contributed by atoms with Crippen LogP contribution in [0.25, 0.3) is 16.6 Å². The van der Waals surface area contributed by atoms with Crippen molar-refractivity contribution in [1.82, 2.24) is 14.5 Å². The molecule has 168 valence electrons. The lowest BCUT2D eigenvalue weighted by molar-refractivity contribution is 0.205. The molecule has 0 fully saturated rings. The molecule has 0 radical (unpaired) electrons. The maximum atomic E-state index is 13.6. The van der Waals surface area contributed by atoms with Gasteiger partial charge in [0.25, 0.3) is 5.56 Å². The Morgan fingerprint density at radius 2 is 1.76 bits per heavy atom. The van der Waals surface area contributed by atoms with Crippen molar-refractivity contribution >= 4 is 34.2 Å². The van der Waals surface area contributed by atoms with Gasteiger partial charge in [-0.05, 0) is 68.8 Å². The first-order valence-electron chi connectivity index (χ1n) is 10.6. The smallest absolute Gasteiger partial charge is 0.318 e. The summed E-state index contributed by atoms with van der Waals surface area (Å²) < 4.78 is 1.62. The molecule has 0 saturated heterocycles. The zero-order valence-corrected chi connectivity index (χ0v) is 19.7. The third-order valence-electron chi connectivity index (χ3n) is 5.77. The fourth-order valence-corrected chi connectivity index (χ4v) is 3.94. The van der Waals surface area contributed by atoms with Gasteiger partial charge in [0.1, 0.15) is 5.82 Å². The molecule has 4 rings (SSSR count). The van der Waals surface area contributed by atoms with E-state index in [0.717, 1.165) is 16.8 Å². The van der Waals surface area contributed by atoms with Crippen LogP contribution in [0, 0.1) is 13.8 Å². The number of aryl methyl sites for hydroxylation is 2. The Labute approximate surface area is 197 Å². The first-order valence-corrected chi connectivity index (χ1v) is 11.0. The van der Waals surface area contributed by atoms with Crippen LogP contribution >= 0.6 is 11.6 Å². The quantitative estimate of drug-likeness (QED) is 0.413. The van der Waals surface area contributed by atoms with Crippen LogP contribution in [0.4, 0.5) is 10.5 Å². The standard InChI is InChI=1S/C26H25ClN4O2/c1-16-9-14-23(17(2)15-16)31-24(29-22-8-6-5-7-21(22)25(31)32)18(3)30(4)26(33)28-20-12-10-19(27)11-13-20/h5-15,18H,1-4H3,(H,28,33). The first-order chi connectivity index (χ1) is 15.8. The topological polar surface area (TPSA) is 67.2 Å². The Morgan fingerprint density at radius 3 is 2.45 bits per heavy atom. The van der Waals surface area contributed by atoms with E-state index in [4.69, 9.17) is 16.6 Å². The van der Waals surface area contributed by atoms with Gasteiger partial charge in [0.2, 0.25) is 0 Å². The molecule has 3 aromatic carbocycles. The predicted molar refractivity (Wildman–Crippen MR) is 133 cm³/mol. The zero-order valence-electron chi connectivity index (χ0n) is 19.0. The first kappa shape index (κ1) is 22.6. The molecule has 1 unspecified atom stereocenters. The molecule has 1 heterocycles. The molecule has 1 aromatic heterocycles. The molecule has 6 nitrogen and oxygen atoms in total. The summed E-state index contributed by atoms with van der Waals surface area (Å²) in [4.78, 5) is 32.9.